The molecule has 0 aromatic heterocycles. The van der Waals surface area contributed by atoms with Crippen molar-refractivity contribution < 1.29 is 14.7 Å². The molecule has 0 aliphatic heterocycles. The van der Waals surface area contributed by atoms with Gasteiger partial charge in [-0.1, -0.05) is 0 Å². The smallest absolute Gasteiger partial charge is 0.251 e. The summed E-state index contributed by atoms with van der Waals surface area (Å²) in [5, 5.41) is 15.2. The molecule has 6 fully saturated rings. The third kappa shape index (κ3) is 1.72. The van der Waals surface area contributed by atoms with Gasteiger partial charge < -0.3 is 15.7 Å². The molecule has 6 aliphatic rings. The largest absolute Gasteiger partial charge is 0.508 e. The number of rotatable bonds is 5. The van der Waals surface area contributed by atoms with Gasteiger partial charge in [0.25, 0.3) is 5.91 Å². The lowest BCUT2D eigenvalue weighted by atomic mass is 9.71. The second-order valence-electron chi connectivity index (χ2n) is 9.06. The van der Waals surface area contributed by atoms with Crippen LogP contribution in [0.15, 0.2) is 24.3 Å². The molecule has 7 rings (SSSR count). The lowest BCUT2D eigenvalue weighted by Crippen LogP contribution is -2.39. The van der Waals surface area contributed by atoms with Crippen molar-refractivity contribution in [2.75, 3.05) is 13.1 Å². The van der Waals surface area contributed by atoms with E-state index in [1.807, 2.05) is 0 Å². The normalized spacial score (nSPS) is 45.0. The monoisotopic (exact) mass is 352 g/mol. The summed E-state index contributed by atoms with van der Waals surface area (Å²) in [6.07, 6.45) is 2.81. The number of carbonyl (C=O) groups is 2. The highest BCUT2D eigenvalue weighted by atomic mass is 16.3. The molecular weight excluding hydrogens is 328 g/mol. The lowest BCUT2D eigenvalue weighted by Gasteiger charge is -2.33. The summed E-state index contributed by atoms with van der Waals surface area (Å²) in [6, 6.07) is 6.18. The van der Waals surface area contributed by atoms with E-state index >= 15 is 0 Å². The van der Waals surface area contributed by atoms with Crippen molar-refractivity contribution in [2.45, 2.75) is 12.8 Å². The van der Waals surface area contributed by atoms with E-state index in [0.29, 0.717) is 30.5 Å². The minimum absolute atomic E-state index is 0.143. The van der Waals surface area contributed by atoms with Gasteiger partial charge in [-0.25, -0.2) is 0 Å². The molecule has 6 bridgehead atoms. The van der Waals surface area contributed by atoms with Gasteiger partial charge in [-0.05, 0) is 84.5 Å². The highest BCUT2D eigenvalue weighted by Crippen LogP contribution is 2.84. The fraction of sp³-hybridized carbons (Fsp3) is 0.619. The summed E-state index contributed by atoms with van der Waals surface area (Å²) in [6.45, 7) is 0.911. The van der Waals surface area contributed by atoms with Crippen LogP contribution < -0.4 is 10.6 Å². The fourth-order valence-corrected chi connectivity index (χ4v) is 8.16. The SMILES string of the molecule is O=C(NCCNC(=O)C1[C@H]2[C@H]3C[C@H]4[C@H]5C[C@H]([C@H]1[C@@H]53)[C@H]42)c1ccc(O)cc1. The van der Waals surface area contributed by atoms with Crippen LogP contribution >= 0.6 is 0 Å². The number of phenols is 1. The predicted molar refractivity (Wildman–Crippen MR) is 94.1 cm³/mol. The minimum Gasteiger partial charge on any atom is -0.508 e. The van der Waals surface area contributed by atoms with E-state index in [1.54, 1.807) is 12.1 Å². The van der Waals surface area contributed by atoms with E-state index in [1.165, 1.54) is 25.0 Å². The van der Waals surface area contributed by atoms with Crippen LogP contribution in [-0.2, 0) is 4.79 Å². The standard InChI is InChI=1S/C21H24N2O3/c24-10-3-1-9(2-4-10)20(25)22-5-6-23-21(26)19-17-13-7-11-12-8-14(15(11)17)18(19)16(12)13/h1-4,11-19,24H,5-8H2,(H,22,25)(H,23,26)/t11-,12+,13-,14-,15-,16-,17-,18-,19?/m0/s1. The molecule has 1 unspecified atom stereocenters. The molecule has 1 aromatic carbocycles. The van der Waals surface area contributed by atoms with Crippen LogP contribution in [0.3, 0.4) is 0 Å². The first-order chi connectivity index (χ1) is 12.6. The third-order valence-corrected chi connectivity index (χ3v) is 8.47. The number of carbonyl (C=O) groups excluding carboxylic acids is 2. The Kier molecular flexibility index (Phi) is 2.91. The predicted octanol–water partition coefficient (Wildman–Crippen LogP) is 1.63. The second-order valence-corrected chi connectivity index (χ2v) is 9.06. The molecule has 6 saturated carbocycles. The van der Waals surface area contributed by atoms with Gasteiger partial charge >= 0.3 is 0 Å². The molecule has 3 N–H and O–H groups in total. The number of hydrogen-bond acceptors (Lipinski definition) is 3. The number of benzene rings is 1. The van der Waals surface area contributed by atoms with Gasteiger partial charge in [0.05, 0.1) is 0 Å². The van der Waals surface area contributed by atoms with Crippen molar-refractivity contribution in [1.82, 2.24) is 10.6 Å². The number of hydrogen-bond donors (Lipinski definition) is 3. The zero-order valence-corrected chi connectivity index (χ0v) is 14.6. The van der Waals surface area contributed by atoms with Crippen LogP contribution in [0.25, 0.3) is 0 Å². The van der Waals surface area contributed by atoms with Gasteiger partial charge in [-0.3, -0.25) is 9.59 Å². The zero-order valence-electron chi connectivity index (χ0n) is 14.6. The van der Waals surface area contributed by atoms with Crippen molar-refractivity contribution >= 4 is 11.8 Å². The van der Waals surface area contributed by atoms with Crippen molar-refractivity contribution in [3.05, 3.63) is 29.8 Å². The van der Waals surface area contributed by atoms with Crippen LogP contribution in [0.4, 0.5) is 0 Å². The van der Waals surface area contributed by atoms with Gasteiger partial charge in [0.1, 0.15) is 5.75 Å². The summed E-state index contributed by atoms with van der Waals surface area (Å²) in [5.41, 5.74) is 0.513. The Hall–Kier alpha value is -2.04. The van der Waals surface area contributed by atoms with Crippen LogP contribution in [-0.4, -0.2) is 30.0 Å². The van der Waals surface area contributed by atoms with E-state index in [2.05, 4.69) is 10.6 Å². The molecule has 2 amide bonds. The van der Waals surface area contributed by atoms with Gasteiger partial charge in [-0.2, -0.15) is 0 Å². The summed E-state index contributed by atoms with van der Waals surface area (Å²) in [5.74, 6) is 7.15. The second kappa shape index (κ2) is 5.02. The average Bonchev–Trinajstić information content (AvgIpc) is 3.36. The zero-order chi connectivity index (χ0) is 17.6. The molecule has 5 nitrogen and oxygen atoms in total. The molecule has 0 heterocycles. The van der Waals surface area contributed by atoms with Crippen molar-refractivity contribution in [3.8, 4) is 5.75 Å². The maximum Gasteiger partial charge on any atom is 0.251 e. The Morgan fingerprint density at radius 2 is 1.42 bits per heavy atom. The molecule has 5 heteroatoms. The Balaban J connectivity index is 1.04. The van der Waals surface area contributed by atoms with Gasteiger partial charge in [0.2, 0.25) is 5.91 Å². The highest BCUT2D eigenvalue weighted by molar-refractivity contribution is 5.94. The molecule has 0 spiro atoms. The molecule has 1 aromatic rings. The van der Waals surface area contributed by atoms with Crippen molar-refractivity contribution in [3.63, 3.8) is 0 Å². The number of amides is 2. The topological polar surface area (TPSA) is 78.4 Å². The van der Waals surface area contributed by atoms with Gasteiger partial charge in [0, 0.05) is 24.6 Å². The summed E-state index contributed by atoms with van der Waals surface area (Å²) in [7, 11) is 0. The maximum atomic E-state index is 12.9. The highest BCUT2D eigenvalue weighted by Gasteiger charge is 2.81. The molecule has 0 saturated heterocycles. The molecular formula is C21H24N2O3. The van der Waals surface area contributed by atoms with Crippen LogP contribution in [0.2, 0.25) is 0 Å². The quantitative estimate of drug-likeness (QED) is 0.705. The van der Waals surface area contributed by atoms with E-state index in [4.69, 9.17) is 0 Å². The first-order valence-corrected chi connectivity index (χ1v) is 10.00. The summed E-state index contributed by atoms with van der Waals surface area (Å²) in [4.78, 5) is 24.9. The van der Waals surface area contributed by atoms with E-state index in [0.717, 1.165) is 35.5 Å². The average molecular weight is 352 g/mol. The third-order valence-electron chi connectivity index (χ3n) is 8.47. The van der Waals surface area contributed by atoms with Crippen LogP contribution in [0, 0.1) is 53.3 Å². The first kappa shape index (κ1) is 15.1. The van der Waals surface area contributed by atoms with Gasteiger partial charge in [0.15, 0.2) is 0 Å². The van der Waals surface area contributed by atoms with Crippen LogP contribution in [0.1, 0.15) is 23.2 Å². The first-order valence-electron chi connectivity index (χ1n) is 10.00. The number of aromatic hydroxyl groups is 1. The Labute approximate surface area is 152 Å². The van der Waals surface area contributed by atoms with E-state index in [-0.39, 0.29) is 23.5 Å². The molecule has 0 radical (unpaired) electrons. The lowest BCUT2D eigenvalue weighted by molar-refractivity contribution is -0.126. The molecule has 9 atom stereocenters. The Bertz CT molecular complexity index is 763. The van der Waals surface area contributed by atoms with Crippen molar-refractivity contribution in [1.29, 1.82) is 0 Å². The Morgan fingerprint density at radius 3 is 2.04 bits per heavy atom. The van der Waals surface area contributed by atoms with E-state index < -0.39 is 0 Å². The fourth-order valence-electron chi connectivity index (χ4n) is 8.16. The molecule has 26 heavy (non-hydrogen) atoms. The Morgan fingerprint density at radius 1 is 0.846 bits per heavy atom. The summed E-state index contributed by atoms with van der Waals surface area (Å²) >= 11 is 0. The molecule has 136 valence electrons. The minimum atomic E-state index is -0.181. The van der Waals surface area contributed by atoms with Crippen LogP contribution in [0.5, 0.6) is 5.75 Å². The number of phenolic OH excluding ortho intramolecular Hbond substituents is 1. The number of nitrogens with one attached hydrogen (secondary N) is 2. The van der Waals surface area contributed by atoms with Crippen molar-refractivity contribution in [2.24, 2.45) is 53.3 Å². The van der Waals surface area contributed by atoms with E-state index in [9.17, 15) is 14.7 Å². The van der Waals surface area contributed by atoms with Gasteiger partial charge in [-0.15, -0.1) is 0 Å². The molecule has 6 aliphatic carbocycles. The maximum absolute atomic E-state index is 12.9. The summed E-state index contributed by atoms with van der Waals surface area (Å²) < 4.78 is 0.